The Morgan fingerprint density at radius 3 is 2.42 bits per heavy atom. The van der Waals surface area contributed by atoms with Gasteiger partial charge in [0.15, 0.2) is 5.65 Å². The first kappa shape index (κ1) is 37.1. The van der Waals surface area contributed by atoms with E-state index in [0.717, 1.165) is 68.3 Å². The number of rotatable bonds is 7. The Hall–Kier alpha value is -6.16. The summed E-state index contributed by atoms with van der Waals surface area (Å²) in [7, 11) is 0. The number of nitrogens with zero attached hydrogens (tertiary/aromatic N) is 8. The monoisotopic (exact) mass is 830 g/mol. The van der Waals surface area contributed by atoms with E-state index in [4.69, 9.17) is 28.2 Å². The highest BCUT2D eigenvalue weighted by Crippen LogP contribution is 2.34. The summed E-state index contributed by atoms with van der Waals surface area (Å²) < 4.78 is 3.10. The topological polar surface area (TPSA) is 167 Å². The minimum absolute atomic E-state index is 0.0866. The lowest BCUT2D eigenvalue weighted by molar-refractivity contribution is -0.136. The third-order valence-corrected chi connectivity index (χ3v) is 12.5. The minimum Gasteiger partial charge on any atom is -0.371 e. The first-order valence-corrected chi connectivity index (χ1v) is 20.3. The third-order valence-electron chi connectivity index (χ3n) is 11.9. The number of nitrogens with one attached hydrogen (secondary N) is 2. The lowest BCUT2D eigenvalue weighted by Gasteiger charge is -2.37. The summed E-state index contributed by atoms with van der Waals surface area (Å²) in [4.78, 5) is 83.8. The van der Waals surface area contributed by atoms with Crippen LogP contribution >= 0.6 is 23.2 Å². The van der Waals surface area contributed by atoms with E-state index in [9.17, 15) is 24.0 Å². The Balaban J connectivity index is 0.775. The zero-order valence-corrected chi connectivity index (χ0v) is 33.0. The number of anilines is 3. The number of piperidine rings is 2. The van der Waals surface area contributed by atoms with Crippen LogP contribution in [0, 0.1) is 5.92 Å². The van der Waals surface area contributed by atoms with Crippen molar-refractivity contribution in [2.75, 3.05) is 36.4 Å². The summed E-state index contributed by atoms with van der Waals surface area (Å²) in [5.74, 6) is -0.802. The van der Waals surface area contributed by atoms with E-state index in [1.54, 1.807) is 47.1 Å². The number of hydrogen-bond donors (Lipinski definition) is 2. The van der Waals surface area contributed by atoms with Crippen LogP contribution in [0.1, 0.15) is 57.5 Å². The highest BCUT2D eigenvalue weighted by molar-refractivity contribution is 6.37. The van der Waals surface area contributed by atoms with Gasteiger partial charge in [0, 0.05) is 69.1 Å². The standard InChI is InChI=1S/C42H36Cl2N10O5/c43-31-2-1-3-32(44)35(31)54-40(59)30-20-46-41(49-36(30)52-17-13-45-42(52)54)47-26-5-4-25-22-50(14-12-24(25)18-26)21-23-10-15-51(16-11-23)27-6-7-28-29(19-27)39(58)53(38(28)57)33-8-9-34(55)48-37(33)56/h1-7,13,17-20,23,33H,8-12,14-16,21-22H2,(H,46,47,49)(H,48,55,56). The quantitative estimate of drug-likeness (QED) is 0.204. The Morgan fingerprint density at radius 2 is 1.63 bits per heavy atom. The Bertz CT molecular complexity index is 2810. The van der Waals surface area contributed by atoms with Crippen molar-refractivity contribution < 1.29 is 19.2 Å². The molecule has 1 atom stereocenters. The molecule has 6 aromatic rings. The van der Waals surface area contributed by atoms with Crippen LogP contribution in [-0.2, 0) is 22.6 Å². The summed E-state index contributed by atoms with van der Waals surface area (Å²) in [5.41, 5.74) is 5.22. The van der Waals surface area contributed by atoms with Crippen molar-refractivity contribution in [3.05, 3.63) is 116 Å². The van der Waals surface area contributed by atoms with E-state index in [0.29, 0.717) is 50.2 Å². The number of fused-ring (bicyclic) bond motifs is 5. The maximum Gasteiger partial charge on any atom is 0.270 e. The van der Waals surface area contributed by atoms with Crippen LogP contribution < -0.4 is 21.1 Å². The molecular weight excluding hydrogens is 795 g/mol. The van der Waals surface area contributed by atoms with E-state index in [1.807, 2.05) is 12.1 Å². The SMILES string of the molecule is O=C1CCC(N2C(=O)c3ccc(N4CCC(CN5CCc6cc(Nc7ncc8c(=O)n(-c9c(Cl)cccc9Cl)c9nccn9c8n7)ccc6C5)CC4)cc3C2=O)C(=O)N1. The first-order valence-electron chi connectivity index (χ1n) is 19.5. The minimum atomic E-state index is -0.980. The van der Waals surface area contributed by atoms with Crippen LogP contribution in [0.25, 0.3) is 22.5 Å². The van der Waals surface area contributed by atoms with Gasteiger partial charge in [-0.25, -0.2) is 14.5 Å². The molecule has 0 radical (unpaired) electrons. The average Bonchev–Trinajstić information content (AvgIpc) is 3.81. The van der Waals surface area contributed by atoms with Gasteiger partial charge in [0.1, 0.15) is 11.4 Å². The predicted octanol–water partition coefficient (Wildman–Crippen LogP) is 5.15. The maximum atomic E-state index is 13.8. The van der Waals surface area contributed by atoms with Crippen LogP contribution in [-0.4, -0.2) is 89.6 Å². The normalized spacial score (nSPS) is 18.8. The Labute approximate surface area is 346 Å². The van der Waals surface area contributed by atoms with Gasteiger partial charge < -0.3 is 10.2 Å². The van der Waals surface area contributed by atoms with E-state index in [1.165, 1.54) is 21.9 Å². The second-order valence-electron chi connectivity index (χ2n) is 15.4. The second kappa shape index (κ2) is 14.6. The van der Waals surface area contributed by atoms with Crippen molar-refractivity contribution in [2.45, 2.75) is 44.7 Å². The first-order chi connectivity index (χ1) is 28.6. The molecule has 0 saturated carbocycles. The van der Waals surface area contributed by atoms with Crippen molar-refractivity contribution in [2.24, 2.45) is 5.92 Å². The van der Waals surface area contributed by atoms with E-state index in [2.05, 4.69) is 42.5 Å². The van der Waals surface area contributed by atoms with Gasteiger partial charge in [-0.05, 0) is 85.2 Å². The predicted molar refractivity (Wildman–Crippen MR) is 221 cm³/mol. The summed E-state index contributed by atoms with van der Waals surface area (Å²) in [6.07, 6.45) is 7.93. The molecule has 4 aliphatic rings. The molecule has 17 heteroatoms. The number of imidazole rings is 1. The molecule has 1 unspecified atom stereocenters. The molecule has 2 N–H and O–H groups in total. The molecular formula is C42H36Cl2N10O5. The highest BCUT2D eigenvalue weighted by atomic mass is 35.5. The molecule has 2 saturated heterocycles. The molecule has 3 aromatic heterocycles. The number of carbonyl (C=O) groups is 4. The number of benzene rings is 3. The second-order valence-corrected chi connectivity index (χ2v) is 16.3. The lowest BCUT2D eigenvalue weighted by Crippen LogP contribution is -2.54. The molecule has 59 heavy (non-hydrogen) atoms. The van der Waals surface area contributed by atoms with E-state index >= 15 is 0 Å². The molecule has 4 aliphatic heterocycles. The van der Waals surface area contributed by atoms with Crippen molar-refractivity contribution in [3.63, 3.8) is 0 Å². The van der Waals surface area contributed by atoms with Crippen molar-refractivity contribution in [1.29, 1.82) is 0 Å². The van der Waals surface area contributed by atoms with Crippen molar-refractivity contribution >= 4 is 81.0 Å². The Kier molecular flexibility index (Phi) is 9.18. The molecule has 7 heterocycles. The molecule has 0 aliphatic carbocycles. The van der Waals surface area contributed by atoms with Gasteiger partial charge >= 0.3 is 0 Å². The van der Waals surface area contributed by atoms with Crippen molar-refractivity contribution in [1.82, 2.24) is 39.0 Å². The zero-order chi connectivity index (χ0) is 40.5. The number of carbonyl (C=O) groups excluding carboxylic acids is 4. The van der Waals surface area contributed by atoms with Gasteiger partial charge in [-0.1, -0.05) is 35.3 Å². The number of amides is 4. The number of para-hydroxylation sites is 1. The molecule has 0 bridgehead atoms. The van der Waals surface area contributed by atoms with Crippen LogP contribution in [0.2, 0.25) is 10.0 Å². The molecule has 298 valence electrons. The van der Waals surface area contributed by atoms with Gasteiger partial charge in [-0.2, -0.15) is 4.98 Å². The van der Waals surface area contributed by atoms with E-state index < -0.39 is 29.7 Å². The van der Waals surface area contributed by atoms with Crippen LogP contribution in [0.3, 0.4) is 0 Å². The van der Waals surface area contributed by atoms with Gasteiger partial charge in [0.25, 0.3) is 17.4 Å². The van der Waals surface area contributed by atoms with Crippen LogP contribution in [0.5, 0.6) is 0 Å². The molecule has 3 aromatic carbocycles. The summed E-state index contributed by atoms with van der Waals surface area (Å²) >= 11 is 13.0. The molecule has 15 nitrogen and oxygen atoms in total. The van der Waals surface area contributed by atoms with Gasteiger partial charge in [-0.15, -0.1) is 0 Å². The fourth-order valence-electron chi connectivity index (χ4n) is 8.88. The molecule has 4 amide bonds. The van der Waals surface area contributed by atoms with Crippen molar-refractivity contribution in [3.8, 4) is 5.69 Å². The molecule has 2 fully saturated rings. The smallest absolute Gasteiger partial charge is 0.270 e. The average molecular weight is 832 g/mol. The number of aromatic nitrogens is 5. The Morgan fingerprint density at radius 1 is 0.831 bits per heavy atom. The third kappa shape index (κ3) is 6.49. The number of halogens is 2. The number of imide groups is 2. The highest BCUT2D eigenvalue weighted by Gasteiger charge is 2.45. The maximum absolute atomic E-state index is 13.8. The fraction of sp³-hybridized carbons (Fsp3) is 0.286. The van der Waals surface area contributed by atoms with Gasteiger partial charge in [0.2, 0.25) is 23.5 Å². The van der Waals surface area contributed by atoms with Crippen LogP contribution in [0.15, 0.2) is 78.0 Å². The number of hydrogen-bond acceptors (Lipinski definition) is 11. The van der Waals surface area contributed by atoms with Gasteiger partial charge in [0.05, 0.1) is 26.9 Å². The van der Waals surface area contributed by atoms with Gasteiger partial charge in [-0.3, -0.25) is 43.5 Å². The summed E-state index contributed by atoms with van der Waals surface area (Å²) in [6, 6.07) is 15.7. The summed E-state index contributed by atoms with van der Waals surface area (Å²) in [6.45, 7) is 4.44. The lowest BCUT2D eigenvalue weighted by atomic mass is 9.93. The molecule has 10 rings (SSSR count). The largest absolute Gasteiger partial charge is 0.371 e. The summed E-state index contributed by atoms with van der Waals surface area (Å²) in [5, 5.41) is 6.49. The van der Waals surface area contributed by atoms with Crippen LogP contribution in [0.4, 0.5) is 17.3 Å². The molecule has 0 spiro atoms. The fourth-order valence-corrected chi connectivity index (χ4v) is 9.44. The van der Waals surface area contributed by atoms with E-state index in [-0.39, 0.29) is 23.8 Å². The zero-order valence-electron chi connectivity index (χ0n) is 31.5.